The van der Waals surface area contributed by atoms with Gasteiger partial charge in [-0.15, -0.1) is 0 Å². The molecule has 1 heterocycles. The van der Waals surface area contributed by atoms with Gasteiger partial charge in [-0.25, -0.2) is 4.39 Å². The third kappa shape index (κ3) is 2.78. The second kappa shape index (κ2) is 5.21. The van der Waals surface area contributed by atoms with Crippen molar-refractivity contribution in [2.45, 2.75) is 12.5 Å². The predicted octanol–water partition coefficient (Wildman–Crippen LogP) is 2.51. The standard InChI is InChI=1S/C12H11ClFN3/c13-12-8(2-1-3-10(12)14)6-11(15)9-4-5-16-17-7-9/h1-5,7,11H,6,15H2. The van der Waals surface area contributed by atoms with E-state index in [1.54, 1.807) is 30.6 Å². The monoisotopic (exact) mass is 251 g/mol. The summed E-state index contributed by atoms with van der Waals surface area (Å²) in [6.07, 6.45) is 3.63. The Hall–Kier alpha value is -1.52. The van der Waals surface area contributed by atoms with Crippen LogP contribution in [0.4, 0.5) is 4.39 Å². The van der Waals surface area contributed by atoms with Crippen molar-refractivity contribution in [2.75, 3.05) is 0 Å². The average molecular weight is 252 g/mol. The Balaban J connectivity index is 2.19. The van der Waals surface area contributed by atoms with Crippen LogP contribution in [0.2, 0.25) is 5.02 Å². The molecule has 5 heteroatoms. The zero-order chi connectivity index (χ0) is 12.3. The van der Waals surface area contributed by atoms with E-state index in [9.17, 15) is 4.39 Å². The van der Waals surface area contributed by atoms with Crippen LogP contribution < -0.4 is 5.73 Å². The van der Waals surface area contributed by atoms with E-state index < -0.39 is 5.82 Å². The summed E-state index contributed by atoms with van der Waals surface area (Å²) in [5, 5.41) is 7.55. The molecule has 0 aliphatic rings. The summed E-state index contributed by atoms with van der Waals surface area (Å²) in [6, 6.07) is 6.22. The first-order chi connectivity index (χ1) is 8.18. The summed E-state index contributed by atoms with van der Waals surface area (Å²) in [7, 11) is 0. The van der Waals surface area contributed by atoms with Gasteiger partial charge in [0.15, 0.2) is 0 Å². The first-order valence-electron chi connectivity index (χ1n) is 5.13. The number of nitrogens with two attached hydrogens (primary N) is 1. The Morgan fingerprint density at radius 1 is 1.29 bits per heavy atom. The van der Waals surface area contributed by atoms with E-state index in [0.29, 0.717) is 12.0 Å². The first kappa shape index (κ1) is 12.0. The number of rotatable bonds is 3. The molecule has 1 aromatic heterocycles. The molecule has 88 valence electrons. The van der Waals surface area contributed by atoms with Gasteiger partial charge in [-0.1, -0.05) is 23.7 Å². The van der Waals surface area contributed by atoms with Crippen molar-refractivity contribution in [2.24, 2.45) is 5.73 Å². The maximum atomic E-state index is 13.2. The van der Waals surface area contributed by atoms with E-state index in [2.05, 4.69) is 10.2 Å². The zero-order valence-corrected chi connectivity index (χ0v) is 9.73. The molecule has 0 fully saturated rings. The number of halogens is 2. The maximum absolute atomic E-state index is 13.2. The predicted molar refractivity (Wildman–Crippen MR) is 64.1 cm³/mol. The van der Waals surface area contributed by atoms with Crippen LogP contribution in [0.15, 0.2) is 36.7 Å². The highest BCUT2D eigenvalue weighted by Crippen LogP contribution is 2.24. The van der Waals surface area contributed by atoms with E-state index in [1.807, 2.05) is 0 Å². The number of nitrogens with zero attached hydrogens (tertiary/aromatic N) is 2. The minimum Gasteiger partial charge on any atom is -0.324 e. The lowest BCUT2D eigenvalue weighted by atomic mass is 10.0. The van der Waals surface area contributed by atoms with Crippen molar-refractivity contribution < 1.29 is 4.39 Å². The molecule has 0 saturated carbocycles. The second-order valence-corrected chi connectivity index (χ2v) is 4.08. The summed E-state index contributed by atoms with van der Waals surface area (Å²) >= 11 is 5.87. The molecule has 0 bridgehead atoms. The normalized spacial score (nSPS) is 12.4. The van der Waals surface area contributed by atoms with Gasteiger partial charge in [-0.3, -0.25) is 0 Å². The van der Waals surface area contributed by atoms with Gasteiger partial charge in [0.2, 0.25) is 0 Å². The molecule has 0 aliphatic carbocycles. The maximum Gasteiger partial charge on any atom is 0.142 e. The molecule has 1 unspecified atom stereocenters. The van der Waals surface area contributed by atoms with Crippen molar-refractivity contribution in [1.82, 2.24) is 10.2 Å². The number of aromatic nitrogens is 2. The van der Waals surface area contributed by atoms with E-state index in [1.165, 1.54) is 6.07 Å². The third-order valence-electron chi connectivity index (χ3n) is 2.51. The molecule has 0 amide bonds. The highest BCUT2D eigenvalue weighted by molar-refractivity contribution is 6.31. The van der Waals surface area contributed by atoms with E-state index in [-0.39, 0.29) is 11.1 Å². The second-order valence-electron chi connectivity index (χ2n) is 3.70. The highest BCUT2D eigenvalue weighted by Gasteiger charge is 2.11. The van der Waals surface area contributed by atoms with Crippen LogP contribution in [0.25, 0.3) is 0 Å². The lowest BCUT2D eigenvalue weighted by Gasteiger charge is -2.12. The lowest BCUT2D eigenvalue weighted by Crippen LogP contribution is -2.14. The summed E-state index contributed by atoms with van der Waals surface area (Å²) in [5.74, 6) is -0.427. The highest BCUT2D eigenvalue weighted by atomic mass is 35.5. The van der Waals surface area contributed by atoms with Crippen LogP contribution in [-0.2, 0) is 6.42 Å². The molecule has 17 heavy (non-hydrogen) atoms. The molecule has 0 aliphatic heterocycles. The molecule has 2 rings (SSSR count). The average Bonchev–Trinajstić information content (AvgIpc) is 2.36. The van der Waals surface area contributed by atoms with Gasteiger partial charge in [-0.2, -0.15) is 10.2 Å². The Bertz CT molecular complexity index is 504. The smallest absolute Gasteiger partial charge is 0.142 e. The Labute approximate surface area is 103 Å². The molecule has 3 nitrogen and oxygen atoms in total. The van der Waals surface area contributed by atoms with Gasteiger partial charge in [0, 0.05) is 12.2 Å². The summed E-state index contributed by atoms with van der Waals surface area (Å²) in [6.45, 7) is 0. The van der Waals surface area contributed by atoms with Crippen molar-refractivity contribution in [3.05, 3.63) is 58.6 Å². The minimum atomic E-state index is -0.427. The molecule has 2 aromatic rings. The van der Waals surface area contributed by atoms with Crippen molar-refractivity contribution in [3.8, 4) is 0 Å². The lowest BCUT2D eigenvalue weighted by molar-refractivity contribution is 0.622. The van der Waals surface area contributed by atoms with Crippen LogP contribution in [-0.4, -0.2) is 10.2 Å². The van der Waals surface area contributed by atoms with Crippen LogP contribution in [0.1, 0.15) is 17.2 Å². The van der Waals surface area contributed by atoms with Gasteiger partial charge in [0.1, 0.15) is 5.82 Å². The summed E-state index contributed by atoms with van der Waals surface area (Å²) < 4.78 is 13.2. The quantitative estimate of drug-likeness (QED) is 0.912. The van der Waals surface area contributed by atoms with Gasteiger partial charge >= 0.3 is 0 Å². The molecule has 0 radical (unpaired) electrons. The summed E-state index contributed by atoms with van der Waals surface area (Å²) in [5.41, 5.74) is 7.54. The fourth-order valence-electron chi connectivity index (χ4n) is 1.58. The van der Waals surface area contributed by atoms with Crippen LogP contribution in [0.5, 0.6) is 0 Å². The van der Waals surface area contributed by atoms with Crippen LogP contribution in [0.3, 0.4) is 0 Å². The third-order valence-corrected chi connectivity index (χ3v) is 2.93. The first-order valence-corrected chi connectivity index (χ1v) is 5.51. The molecule has 0 saturated heterocycles. The van der Waals surface area contributed by atoms with E-state index in [0.717, 1.165) is 5.56 Å². The Morgan fingerprint density at radius 2 is 2.12 bits per heavy atom. The fourth-order valence-corrected chi connectivity index (χ4v) is 1.78. The van der Waals surface area contributed by atoms with Crippen molar-refractivity contribution in [3.63, 3.8) is 0 Å². The van der Waals surface area contributed by atoms with Gasteiger partial charge in [0.25, 0.3) is 0 Å². The van der Waals surface area contributed by atoms with Crippen LogP contribution >= 0.6 is 11.6 Å². The van der Waals surface area contributed by atoms with Gasteiger partial charge in [-0.05, 0) is 29.7 Å². The largest absolute Gasteiger partial charge is 0.324 e. The molecule has 0 spiro atoms. The topological polar surface area (TPSA) is 51.8 Å². The fraction of sp³-hybridized carbons (Fsp3) is 0.167. The van der Waals surface area contributed by atoms with Gasteiger partial charge < -0.3 is 5.73 Å². The van der Waals surface area contributed by atoms with Crippen molar-refractivity contribution >= 4 is 11.6 Å². The van der Waals surface area contributed by atoms with E-state index in [4.69, 9.17) is 17.3 Å². The molecule has 2 N–H and O–H groups in total. The number of benzene rings is 1. The number of hydrogen-bond donors (Lipinski definition) is 1. The zero-order valence-electron chi connectivity index (χ0n) is 8.98. The van der Waals surface area contributed by atoms with Crippen LogP contribution in [0, 0.1) is 5.82 Å². The van der Waals surface area contributed by atoms with E-state index >= 15 is 0 Å². The SMILES string of the molecule is NC(Cc1cccc(F)c1Cl)c1ccnnc1. The minimum absolute atomic E-state index is 0.130. The Kier molecular flexibility index (Phi) is 3.66. The molecule has 1 aromatic carbocycles. The number of hydrogen-bond acceptors (Lipinski definition) is 3. The van der Waals surface area contributed by atoms with Crippen molar-refractivity contribution in [1.29, 1.82) is 0 Å². The van der Waals surface area contributed by atoms with Gasteiger partial charge in [0.05, 0.1) is 11.2 Å². The molecular formula is C12H11ClFN3. The Morgan fingerprint density at radius 3 is 2.82 bits per heavy atom. The summed E-state index contributed by atoms with van der Waals surface area (Å²) in [4.78, 5) is 0. The molecular weight excluding hydrogens is 241 g/mol. The molecule has 1 atom stereocenters.